The SMILES string of the molecule is CN(Cc1cn(C)nc1-c1ccccc1)CC(C)(CO)CO. The Kier molecular flexibility index (Phi) is 5.34. The monoisotopic (exact) mass is 303 g/mol. The lowest BCUT2D eigenvalue weighted by molar-refractivity contribution is 0.0402. The third-order valence-corrected chi connectivity index (χ3v) is 3.81. The molecule has 120 valence electrons. The molecule has 0 bridgehead atoms. The number of rotatable bonds is 7. The van der Waals surface area contributed by atoms with E-state index in [1.54, 1.807) is 0 Å². The highest BCUT2D eigenvalue weighted by atomic mass is 16.3. The van der Waals surface area contributed by atoms with Gasteiger partial charge in [-0.25, -0.2) is 0 Å². The average molecular weight is 303 g/mol. The smallest absolute Gasteiger partial charge is 0.0968 e. The summed E-state index contributed by atoms with van der Waals surface area (Å²) in [5, 5.41) is 23.4. The molecule has 2 rings (SSSR count). The third kappa shape index (κ3) is 3.94. The van der Waals surface area contributed by atoms with E-state index in [0.29, 0.717) is 13.1 Å². The van der Waals surface area contributed by atoms with Crippen LogP contribution in [-0.4, -0.2) is 51.7 Å². The fraction of sp³-hybridized carbons (Fsp3) is 0.471. The Hall–Kier alpha value is -1.69. The molecule has 2 aromatic rings. The summed E-state index contributed by atoms with van der Waals surface area (Å²) in [6.07, 6.45) is 2.02. The fourth-order valence-corrected chi connectivity index (χ4v) is 2.64. The molecule has 0 saturated carbocycles. The van der Waals surface area contributed by atoms with Gasteiger partial charge in [0, 0.05) is 42.9 Å². The Morgan fingerprint density at radius 3 is 2.41 bits per heavy atom. The Morgan fingerprint density at radius 2 is 1.82 bits per heavy atom. The fourth-order valence-electron chi connectivity index (χ4n) is 2.64. The van der Waals surface area contributed by atoms with Crippen LogP contribution in [-0.2, 0) is 13.6 Å². The predicted octanol–water partition coefficient (Wildman–Crippen LogP) is 1.51. The van der Waals surface area contributed by atoms with Gasteiger partial charge in [0.25, 0.3) is 0 Å². The Bertz CT molecular complexity index is 591. The molecule has 0 fully saturated rings. The van der Waals surface area contributed by atoms with E-state index in [1.165, 1.54) is 0 Å². The zero-order valence-electron chi connectivity index (χ0n) is 13.5. The molecule has 0 amide bonds. The third-order valence-electron chi connectivity index (χ3n) is 3.81. The van der Waals surface area contributed by atoms with Gasteiger partial charge in [-0.2, -0.15) is 5.10 Å². The number of benzene rings is 1. The van der Waals surface area contributed by atoms with E-state index >= 15 is 0 Å². The van der Waals surface area contributed by atoms with Crippen LogP contribution in [0.25, 0.3) is 11.3 Å². The highest BCUT2D eigenvalue weighted by molar-refractivity contribution is 5.62. The molecule has 0 aliphatic heterocycles. The molecule has 0 radical (unpaired) electrons. The van der Waals surface area contributed by atoms with Crippen molar-refractivity contribution in [3.05, 3.63) is 42.1 Å². The number of aryl methyl sites for hydroxylation is 1. The summed E-state index contributed by atoms with van der Waals surface area (Å²) in [5.41, 5.74) is 2.71. The van der Waals surface area contributed by atoms with Gasteiger partial charge in [-0.1, -0.05) is 37.3 Å². The van der Waals surface area contributed by atoms with Crippen LogP contribution in [0.1, 0.15) is 12.5 Å². The van der Waals surface area contributed by atoms with Crippen LogP contribution >= 0.6 is 0 Å². The van der Waals surface area contributed by atoms with Crippen LogP contribution in [0.2, 0.25) is 0 Å². The quantitative estimate of drug-likeness (QED) is 0.814. The maximum Gasteiger partial charge on any atom is 0.0968 e. The molecule has 0 spiro atoms. The van der Waals surface area contributed by atoms with Crippen molar-refractivity contribution in [1.82, 2.24) is 14.7 Å². The van der Waals surface area contributed by atoms with Gasteiger partial charge in [-0.05, 0) is 7.05 Å². The highest BCUT2D eigenvalue weighted by Crippen LogP contribution is 2.24. The lowest BCUT2D eigenvalue weighted by Crippen LogP contribution is -2.38. The van der Waals surface area contributed by atoms with Crippen molar-refractivity contribution in [2.45, 2.75) is 13.5 Å². The normalized spacial score (nSPS) is 12.1. The van der Waals surface area contributed by atoms with Crippen LogP contribution < -0.4 is 0 Å². The summed E-state index contributed by atoms with van der Waals surface area (Å²) in [7, 11) is 3.91. The molecule has 1 aromatic heterocycles. The molecule has 0 unspecified atom stereocenters. The molecular formula is C17H25N3O2. The van der Waals surface area contributed by atoms with Gasteiger partial charge in [0.05, 0.1) is 18.9 Å². The largest absolute Gasteiger partial charge is 0.396 e. The minimum atomic E-state index is -0.496. The van der Waals surface area contributed by atoms with Gasteiger partial charge < -0.3 is 15.1 Å². The Labute approximate surface area is 131 Å². The summed E-state index contributed by atoms with van der Waals surface area (Å²) in [6.45, 7) is 3.14. The number of aliphatic hydroxyl groups is 2. The zero-order chi connectivity index (χ0) is 16.2. The molecule has 22 heavy (non-hydrogen) atoms. The van der Waals surface area contributed by atoms with Crippen LogP contribution in [0.3, 0.4) is 0 Å². The molecule has 5 nitrogen and oxygen atoms in total. The topological polar surface area (TPSA) is 61.5 Å². The lowest BCUT2D eigenvalue weighted by atomic mass is 9.92. The van der Waals surface area contributed by atoms with E-state index in [0.717, 1.165) is 16.8 Å². The first-order valence-electron chi connectivity index (χ1n) is 7.45. The van der Waals surface area contributed by atoms with Crippen molar-refractivity contribution in [1.29, 1.82) is 0 Å². The summed E-state index contributed by atoms with van der Waals surface area (Å²) < 4.78 is 1.82. The van der Waals surface area contributed by atoms with Crippen LogP contribution in [0.4, 0.5) is 0 Å². The van der Waals surface area contributed by atoms with Crippen LogP contribution in [0.5, 0.6) is 0 Å². The lowest BCUT2D eigenvalue weighted by Gasteiger charge is -2.30. The van der Waals surface area contributed by atoms with E-state index in [1.807, 2.05) is 50.1 Å². The maximum absolute atomic E-state index is 9.43. The molecule has 0 atom stereocenters. The molecule has 0 aliphatic rings. The number of nitrogens with zero attached hydrogens (tertiary/aromatic N) is 3. The van der Waals surface area contributed by atoms with Gasteiger partial charge in [-0.3, -0.25) is 4.68 Å². The second-order valence-corrected chi connectivity index (χ2v) is 6.34. The van der Waals surface area contributed by atoms with Gasteiger partial charge in [0.15, 0.2) is 0 Å². The second kappa shape index (κ2) is 7.05. The van der Waals surface area contributed by atoms with Crippen LogP contribution in [0.15, 0.2) is 36.5 Å². The van der Waals surface area contributed by atoms with Gasteiger partial charge in [0.2, 0.25) is 0 Å². The average Bonchev–Trinajstić information content (AvgIpc) is 2.88. The molecule has 0 aliphatic carbocycles. The summed E-state index contributed by atoms with van der Waals surface area (Å²) >= 11 is 0. The predicted molar refractivity (Wildman–Crippen MR) is 87.3 cm³/mol. The van der Waals surface area contributed by atoms with E-state index in [9.17, 15) is 10.2 Å². The van der Waals surface area contributed by atoms with E-state index < -0.39 is 5.41 Å². The minimum Gasteiger partial charge on any atom is -0.396 e. The molecule has 5 heteroatoms. The zero-order valence-corrected chi connectivity index (χ0v) is 13.5. The molecule has 2 N–H and O–H groups in total. The second-order valence-electron chi connectivity index (χ2n) is 6.34. The minimum absolute atomic E-state index is 0.0353. The molecule has 1 heterocycles. The number of hydrogen-bond acceptors (Lipinski definition) is 4. The standard InChI is InChI=1S/C17H25N3O2/c1-17(12-21,13-22)11-19(2)9-15-10-20(3)18-16(15)14-7-5-4-6-8-14/h4-8,10,21-22H,9,11-13H2,1-3H3. The maximum atomic E-state index is 9.43. The van der Waals surface area contributed by atoms with Crippen molar-refractivity contribution in [2.75, 3.05) is 26.8 Å². The first-order valence-corrected chi connectivity index (χ1v) is 7.45. The number of aromatic nitrogens is 2. The van der Waals surface area contributed by atoms with Gasteiger partial charge in [0.1, 0.15) is 0 Å². The van der Waals surface area contributed by atoms with Gasteiger partial charge in [-0.15, -0.1) is 0 Å². The Balaban J connectivity index is 2.17. The number of hydrogen-bond donors (Lipinski definition) is 2. The molecule has 1 aromatic carbocycles. The van der Waals surface area contributed by atoms with E-state index in [2.05, 4.69) is 22.1 Å². The first-order chi connectivity index (χ1) is 10.5. The summed E-state index contributed by atoms with van der Waals surface area (Å²) in [4.78, 5) is 2.11. The highest BCUT2D eigenvalue weighted by Gasteiger charge is 2.25. The number of aliphatic hydroxyl groups excluding tert-OH is 2. The van der Waals surface area contributed by atoms with Gasteiger partial charge >= 0.3 is 0 Å². The first kappa shape index (κ1) is 16.7. The Morgan fingerprint density at radius 1 is 1.18 bits per heavy atom. The summed E-state index contributed by atoms with van der Waals surface area (Å²) in [5.74, 6) is 0. The van der Waals surface area contributed by atoms with Crippen molar-refractivity contribution in [2.24, 2.45) is 12.5 Å². The van der Waals surface area contributed by atoms with Crippen molar-refractivity contribution >= 4 is 0 Å². The molecular weight excluding hydrogens is 278 g/mol. The van der Waals surface area contributed by atoms with Crippen molar-refractivity contribution in [3.8, 4) is 11.3 Å². The van der Waals surface area contributed by atoms with Crippen molar-refractivity contribution in [3.63, 3.8) is 0 Å². The van der Waals surface area contributed by atoms with Crippen molar-refractivity contribution < 1.29 is 10.2 Å². The molecule has 0 saturated heterocycles. The van der Waals surface area contributed by atoms with Crippen LogP contribution in [0, 0.1) is 5.41 Å². The van der Waals surface area contributed by atoms with E-state index in [4.69, 9.17) is 0 Å². The summed E-state index contributed by atoms with van der Waals surface area (Å²) in [6, 6.07) is 10.1. The van der Waals surface area contributed by atoms with E-state index in [-0.39, 0.29) is 13.2 Å².